The van der Waals surface area contributed by atoms with Crippen LogP contribution in [-0.4, -0.2) is 58.1 Å². The SMILES string of the molecule is CCOCCn1c(=NC(=O)c2ccc(S(=O)(=O)N(C)Cc3ccccc3)cc2)sc2cc(S(C)(=O)=O)ccc21. The summed E-state index contributed by atoms with van der Waals surface area (Å²) in [6.07, 6.45) is 1.14. The van der Waals surface area contributed by atoms with Gasteiger partial charge in [-0.15, -0.1) is 0 Å². The first-order valence-corrected chi connectivity index (χ1v) is 16.3. The Labute approximate surface area is 232 Å². The molecule has 0 radical (unpaired) electrons. The third-order valence-electron chi connectivity index (χ3n) is 6.00. The first kappa shape index (κ1) is 28.8. The molecule has 0 unspecified atom stereocenters. The van der Waals surface area contributed by atoms with Crippen LogP contribution in [0.25, 0.3) is 10.2 Å². The Bertz CT molecular complexity index is 1760. The quantitative estimate of drug-likeness (QED) is 0.261. The third kappa shape index (κ3) is 6.71. The van der Waals surface area contributed by atoms with Crippen molar-refractivity contribution < 1.29 is 26.4 Å². The molecule has 12 heteroatoms. The molecule has 0 aliphatic heterocycles. The number of carbonyl (C=O) groups excluding carboxylic acids is 1. The Morgan fingerprint density at radius 2 is 1.64 bits per heavy atom. The van der Waals surface area contributed by atoms with Crippen LogP contribution in [0.15, 0.2) is 87.6 Å². The molecule has 0 aliphatic carbocycles. The van der Waals surface area contributed by atoms with Crippen LogP contribution in [0.1, 0.15) is 22.8 Å². The lowest BCUT2D eigenvalue weighted by molar-refractivity contribution is 0.0996. The molecule has 4 aromatic rings. The number of carbonyl (C=O) groups is 1. The van der Waals surface area contributed by atoms with E-state index in [0.717, 1.165) is 17.3 Å². The standard InChI is InChI=1S/C27H29N3O6S3/c1-4-36-17-16-30-24-15-14-23(38(3,32)33)18-25(24)37-27(30)28-26(31)21-10-12-22(13-11-21)39(34,35)29(2)19-20-8-6-5-7-9-20/h5-15,18H,4,16-17,19H2,1-3H3. The molecule has 1 aromatic heterocycles. The van der Waals surface area contributed by atoms with Crippen LogP contribution in [0.5, 0.6) is 0 Å². The molecule has 1 amide bonds. The van der Waals surface area contributed by atoms with Gasteiger partial charge >= 0.3 is 0 Å². The number of sulfone groups is 1. The van der Waals surface area contributed by atoms with Gasteiger partial charge in [0.25, 0.3) is 5.91 Å². The van der Waals surface area contributed by atoms with Gasteiger partial charge in [-0.25, -0.2) is 16.8 Å². The third-order valence-corrected chi connectivity index (χ3v) is 9.97. The number of aromatic nitrogens is 1. The molecule has 0 spiro atoms. The lowest BCUT2D eigenvalue weighted by Gasteiger charge is -2.17. The summed E-state index contributed by atoms with van der Waals surface area (Å²) in [5.74, 6) is -0.545. The average molecular weight is 588 g/mol. The predicted octanol–water partition coefficient (Wildman–Crippen LogP) is 3.70. The van der Waals surface area contributed by atoms with Gasteiger partial charge in [-0.3, -0.25) is 4.79 Å². The average Bonchev–Trinajstić information content (AvgIpc) is 3.25. The van der Waals surface area contributed by atoms with Gasteiger partial charge in [-0.2, -0.15) is 9.30 Å². The first-order chi connectivity index (χ1) is 18.5. The maximum absolute atomic E-state index is 13.1. The van der Waals surface area contributed by atoms with E-state index in [2.05, 4.69) is 4.99 Å². The summed E-state index contributed by atoms with van der Waals surface area (Å²) in [5, 5.41) is 0. The smallest absolute Gasteiger partial charge is 0.279 e. The van der Waals surface area contributed by atoms with Gasteiger partial charge in [0.1, 0.15) is 0 Å². The zero-order valence-electron chi connectivity index (χ0n) is 21.8. The minimum atomic E-state index is -3.77. The summed E-state index contributed by atoms with van der Waals surface area (Å²) in [5.41, 5.74) is 1.82. The summed E-state index contributed by atoms with van der Waals surface area (Å²) in [6, 6.07) is 19.7. The minimum absolute atomic E-state index is 0.0689. The highest BCUT2D eigenvalue weighted by Crippen LogP contribution is 2.22. The van der Waals surface area contributed by atoms with E-state index in [4.69, 9.17) is 4.74 Å². The van der Waals surface area contributed by atoms with Crippen LogP contribution >= 0.6 is 11.3 Å². The van der Waals surface area contributed by atoms with Gasteiger partial charge in [0.2, 0.25) is 10.0 Å². The van der Waals surface area contributed by atoms with E-state index in [1.165, 1.54) is 53.0 Å². The van der Waals surface area contributed by atoms with Gasteiger partial charge in [0.05, 0.1) is 26.6 Å². The summed E-state index contributed by atoms with van der Waals surface area (Å²) in [6.45, 7) is 3.44. The molecule has 39 heavy (non-hydrogen) atoms. The van der Waals surface area contributed by atoms with Crippen molar-refractivity contribution in [2.24, 2.45) is 4.99 Å². The molecule has 0 saturated carbocycles. The maximum Gasteiger partial charge on any atom is 0.279 e. The number of thiazole rings is 1. The Balaban J connectivity index is 1.64. The first-order valence-electron chi connectivity index (χ1n) is 12.1. The molecular weight excluding hydrogens is 559 g/mol. The molecule has 9 nitrogen and oxygen atoms in total. The lowest BCUT2D eigenvalue weighted by atomic mass is 10.2. The van der Waals surface area contributed by atoms with Crippen LogP contribution in [0.4, 0.5) is 0 Å². The number of amides is 1. The number of ether oxygens (including phenoxy) is 1. The molecular formula is C27H29N3O6S3. The van der Waals surface area contributed by atoms with E-state index in [9.17, 15) is 21.6 Å². The molecule has 0 N–H and O–H groups in total. The van der Waals surface area contributed by atoms with E-state index in [0.29, 0.717) is 29.3 Å². The fourth-order valence-electron chi connectivity index (χ4n) is 3.91. The van der Waals surface area contributed by atoms with Gasteiger partial charge in [0, 0.05) is 38.6 Å². The van der Waals surface area contributed by atoms with Crippen LogP contribution in [0, 0.1) is 0 Å². The van der Waals surface area contributed by atoms with Gasteiger partial charge in [-0.1, -0.05) is 41.7 Å². The molecule has 1 heterocycles. The van der Waals surface area contributed by atoms with Crippen molar-refractivity contribution in [2.75, 3.05) is 26.5 Å². The highest BCUT2D eigenvalue weighted by molar-refractivity contribution is 7.90. The van der Waals surface area contributed by atoms with Crippen LogP contribution in [0.2, 0.25) is 0 Å². The molecule has 3 aromatic carbocycles. The molecule has 0 atom stereocenters. The molecule has 4 rings (SSSR count). The fourth-order valence-corrected chi connectivity index (χ4v) is 6.89. The van der Waals surface area contributed by atoms with Crippen LogP contribution < -0.4 is 4.80 Å². The summed E-state index contributed by atoms with van der Waals surface area (Å²) < 4.78 is 59.4. The zero-order valence-corrected chi connectivity index (χ0v) is 24.2. The largest absolute Gasteiger partial charge is 0.380 e. The van der Waals surface area contributed by atoms with E-state index in [1.807, 2.05) is 41.8 Å². The van der Waals surface area contributed by atoms with Crippen molar-refractivity contribution in [3.05, 3.63) is 88.7 Å². The Kier molecular flexibility index (Phi) is 8.82. The Morgan fingerprint density at radius 1 is 0.974 bits per heavy atom. The van der Waals surface area contributed by atoms with Gasteiger partial charge < -0.3 is 9.30 Å². The number of nitrogens with zero attached hydrogens (tertiary/aromatic N) is 3. The normalized spacial score (nSPS) is 12.9. The van der Waals surface area contributed by atoms with Crippen molar-refractivity contribution in [1.82, 2.24) is 8.87 Å². The Hall–Kier alpha value is -3.16. The molecule has 0 saturated heterocycles. The van der Waals surface area contributed by atoms with Crippen molar-refractivity contribution in [3.8, 4) is 0 Å². The minimum Gasteiger partial charge on any atom is -0.380 e. The van der Waals surface area contributed by atoms with Crippen molar-refractivity contribution in [2.45, 2.75) is 29.8 Å². The number of fused-ring (bicyclic) bond motifs is 1. The molecule has 0 bridgehead atoms. The van der Waals surface area contributed by atoms with Crippen molar-refractivity contribution in [3.63, 3.8) is 0 Å². The van der Waals surface area contributed by atoms with E-state index in [1.54, 1.807) is 12.1 Å². The summed E-state index contributed by atoms with van der Waals surface area (Å²) >= 11 is 1.20. The summed E-state index contributed by atoms with van der Waals surface area (Å²) in [4.78, 5) is 18.0. The second-order valence-corrected chi connectivity index (χ2v) is 13.9. The predicted molar refractivity (Wildman–Crippen MR) is 151 cm³/mol. The second kappa shape index (κ2) is 11.9. The maximum atomic E-state index is 13.1. The monoisotopic (exact) mass is 587 g/mol. The topological polar surface area (TPSA) is 115 Å². The summed E-state index contributed by atoms with van der Waals surface area (Å²) in [7, 11) is -5.66. The van der Waals surface area contributed by atoms with Crippen LogP contribution in [0.3, 0.4) is 0 Å². The van der Waals surface area contributed by atoms with Gasteiger partial charge in [-0.05, 0) is 55.0 Å². The van der Waals surface area contributed by atoms with E-state index < -0.39 is 25.8 Å². The molecule has 0 fully saturated rings. The fraction of sp³-hybridized carbons (Fsp3) is 0.259. The number of rotatable bonds is 10. The number of hydrogen-bond donors (Lipinski definition) is 0. The van der Waals surface area contributed by atoms with E-state index in [-0.39, 0.29) is 21.9 Å². The van der Waals surface area contributed by atoms with Gasteiger partial charge in [0.15, 0.2) is 14.6 Å². The number of sulfonamides is 1. The van der Waals surface area contributed by atoms with Crippen LogP contribution in [-0.2, 0) is 37.7 Å². The highest BCUT2D eigenvalue weighted by atomic mass is 32.2. The number of hydrogen-bond acceptors (Lipinski definition) is 7. The zero-order chi connectivity index (χ0) is 28.2. The lowest BCUT2D eigenvalue weighted by Crippen LogP contribution is -2.26. The van der Waals surface area contributed by atoms with Crippen molar-refractivity contribution >= 4 is 47.3 Å². The molecule has 206 valence electrons. The van der Waals surface area contributed by atoms with Crippen molar-refractivity contribution in [1.29, 1.82) is 0 Å². The van der Waals surface area contributed by atoms with E-state index >= 15 is 0 Å². The Morgan fingerprint density at radius 3 is 2.28 bits per heavy atom. The molecule has 0 aliphatic rings. The second-order valence-electron chi connectivity index (χ2n) is 8.82. The number of benzene rings is 3. The highest BCUT2D eigenvalue weighted by Gasteiger charge is 2.21.